The fraction of sp³-hybridized carbons (Fsp3) is 0.733. The third-order valence-electron chi connectivity index (χ3n) is 2.52. The third kappa shape index (κ3) is 6.70. The Morgan fingerprint density at radius 1 is 1.15 bits per heavy atom. The molecule has 1 N–H and O–H groups in total. The molecule has 1 aromatic rings. The van der Waals surface area contributed by atoms with Crippen molar-refractivity contribution >= 4 is 5.82 Å². The van der Waals surface area contributed by atoms with Gasteiger partial charge in [0.2, 0.25) is 5.88 Å². The summed E-state index contributed by atoms with van der Waals surface area (Å²) >= 11 is 0. The topological polar surface area (TPSA) is 56.3 Å². The zero-order valence-corrected chi connectivity index (χ0v) is 13.3. The normalized spacial score (nSPS) is 11.2. The summed E-state index contributed by atoms with van der Waals surface area (Å²) in [6, 6.07) is 1.85. The maximum Gasteiger partial charge on any atom is 0.218 e. The summed E-state index contributed by atoms with van der Waals surface area (Å²) < 4.78 is 10.7. The van der Waals surface area contributed by atoms with Crippen molar-refractivity contribution in [3.8, 4) is 5.88 Å². The van der Waals surface area contributed by atoms with Crippen LogP contribution in [0.1, 0.15) is 33.5 Å². The molecule has 5 heteroatoms. The van der Waals surface area contributed by atoms with Gasteiger partial charge < -0.3 is 14.8 Å². The van der Waals surface area contributed by atoms with E-state index >= 15 is 0 Å². The van der Waals surface area contributed by atoms with Gasteiger partial charge in [-0.25, -0.2) is 4.98 Å². The molecule has 5 nitrogen and oxygen atoms in total. The number of aromatic nitrogens is 2. The van der Waals surface area contributed by atoms with Crippen LogP contribution in [0.4, 0.5) is 5.82 Å². The predicted octanol–water partition coefficient (Wildman–Crippen LogP) is 2.77. The molecule has 0 aliphatic rings. The lowest BCUT2D eigenvalue weighted by Crippen LogP contribution is -2.13. The largest absolute Gasteiger partial charge is 0.477 e. The maximum atomic E-state index is 5.71. The molecule has 0 spiro atoms. The van der Waals surface area contributed by atoms with E-state index in [0.717, 1.165) is 24.6 Å². The van der Waals surface area contributed by atoms with Crippen molar-refractivity contribution in [1.82, 2.24) is 9.97 Å². The lowest BCUT2D eigenvalue weighted by atomic mass is 10.1. The van der Waals surface area contributed by atoms with Crippen LogP contribution >= 0.6 is 0 Å². The summed E-state index contributed by atoms with van der Waals surface area (Å²) in [6.07, 6.45) is 0.845. The highest BCUT2D eigenvalue weighted by molar-refractivity contribution is 5.38. The summed E-state index contributed by atoms with van der Waals surface area (Å²) in [5.74, 6) is 3.25. The number of ether oxygens (including phenoxy) is 2. The summed E-state index contributed by atoms with van der Waals surface area (Å²) in [5, 5.41) is 3.23. The molecule has 1 rings (SSSR count). The van der Waals surface area contributed by atoms with E-state index in [4.69, 9.17) is 9.47 Å². The van der Waals surface area contributed by atoms with Gasteiger partial charge in [-0.1, -0.05) is 27.7 Å². The molecule has 0 atom stereocenters. The molecule has 0 saturated carbocycles. The molecular weight excluding hydrogens is 254 g/mol. The summed E-state index contributed by atoms with van der Waals surface area (Å²) in [4.78, 5) is 8.98. The van der Waals surface area contributed by atoms with Crippen LogP contribution in [0.3, 0.4) is 0 Å². The Morgan fingerprint density at radius 2 is 1.90 bits per heavy atom. The molecule has 0 fully saturated rings. The van der Waals surface area contributed by atoms with Crippen molar-refractivity contribution in [1.29, 1.82) is 0 Å². The minimum atomic E-state index is 0.475. The van der Waals surface area contributed by atoms with E-state index in [1.54, 1.807) is 7.11 Å². The molecule has 0 aliphatic heterocycles. The van der Waals surface area contributed by atoms with E-state index < -0.39 is 0 Å². The van der Waals surface area contributed by atoms with Crippen LogP contribution < -0.4 is 10.1 Å². The number of anilines is 1. The van der Waals surface area contributed by atoms with Crippen LogP contribution in [0.25, 0.3) is 0 Å². The molecule has 0 bridgehead atoms. The van der Waals surface area contributed by atoms with Gasteiger partial charge in [-0.05, 0) is 11.8 Å². The number of hydrogen-bond acceptors (Lipinski definition) is 5. The number of nitrogens with zero attached hydrogens (tertiary/aromatic N) is 2. The van der Waals surface area contributed by atoms with Crippen LogP contribution in [0.5, 0.6) is 5.88 Å². The Labute approximate surface area is 122 Å². The van der Waals surface area contributed by atoms with Crippen molar-refractivity contribution in [2.75, 3.05) is 32.2 Å². The highest BCUT2D eigenvalue weighted by Crippen LogP contribution is 2.16. The Bertz CT molecular complexity index is 395. The highest BCUT2D eigenvalue weighted by atomic mass is 16.5. The van der Waals surface area contributed by atoms with Crippen LogP contribution in [0, 0.1) is 11.8 Å². The van der Waals surface area contributed by atoms with E-state index in [9.17, 15) is 0 Å². The van der Waals surface area contributed by atoms with Gasteiger partial charge in [-0.2, -0.15) is 4.98 Å². The molecule has 0 aromatic carbocycles. The minimum Gasteiger partial charge on any atom is -0.477 e. The highest BCUT2D eigenvalue weighted by Gasteiger charge is 2.08. The van der Waals surface area contributed by atoms with Crippen LogP contribution in [0.2, 0.25) is 0 Å². The van der Waals surface area contributed by atoms with Gasteiger partial charge in [0.15, 0.2) is 0 Å². The molecule has 0 unspecified atom stereocenters. The number of rotatable bonds is 9. The summed E-state index contributed by atoms with van der Waals surface area (Å²) in [6.45, 7) is 10.6. The van der Waals surface area contributed by atoms with E-state index in [1.807, 2.05) is 6.07 Å². The number of nitrogens with one attached hydrogen (secondary N) is 1. The zero-order valence-electron chi connectivity index (χ0n) is 13.3. The van der Waals surface area contributed by atoms with Crippen molar-refractivity contribution in [2.24, 2.45) is 11.8 Å². The monoisotopic (exact) mass is 281 g/mol. The molecular formula is C15H27N3O2. The second-order valence-corrected chi connectivity index (χ2v) is 5.73. The van der Waals surface area contributed by atoms with Crippen molar-refractivity contribution in [3.63, 3.8) is 0 Å². The Hall–Kier alpha value is -1.36. The van der Waals surface area contributed by atoms with Crippen LogP contribution in [0.15, 0.2) is 6.07 Å². The molecule has 0 radical (unpaired) electrons. The van der Waals surface area contributed by atoms with Gasteiger partial charge >= 0.3 is 0 Å². The van der Waals surface area contributed by atoms with E-state index in [2.05, 4.69) is 43.0 Å². The molecule has 114 valence electrons. The Morgan fingerprint density at radius 3 is 2.50 bits per heavy atom. The summed E-state index contributed by atoms with van der Waals surface area (Å²) in [7, 11) is 1.68. The second kappa shape index (κ2) is 8.74. The lowest BCUT2D eigenvalue weighted by molar-refractivity contribution is 0.210. The molecule has 0 saturated heterocycles. The standard InChI is InChI=1S/C15H27N3O2/c1-11(2)8-14-17-13(16-6-7-19-5)9-15(18-14)20-10-12(3)4/h9,11-12H,6-8,10H2,1-5H3,(H,16,17,18). The van der Waals surface area contributed by atoms with Crippen molar-refractivity contribution < 1.29 is 9.47 Å². The maximum absolute atomic E-state index is 5.71. The van der Waals surface area contributed by atoms with Gasteiger partial charge in [0.05, 0.1) is 13.2 Å². The molecule has 0 aliphatic carbocycles. The van der Waals surface area contributed by atoms with E-state index in [1.165, 1.54) is 0 Å². The average molecular weight is 281 g/mol. The number of methoxy groups -OCH3 is 1. The summed E-state index contributed by atoms with van der Waals surface area (Å²) in [5.41, 5.74) is 0. The van der Waals surface area contributed by atoms with Crippen molar-refractivity contribution in [2.45, 2.75) is 34.1 Å². The molecule has 0 amide bonds. The van der Waals surface area contributed by atoms with Crippen LogP contribution in [-0.2, 0) is 11.2 Å². The first-order chi connectivity index (χ1) is 9.51. The second-order valence-electron chi connectivity index (χ2n) is 5.73. The quantitative estimate of drug-likeness (QED) is 0.705. The Kier molecular flexibility index (Phi) is 7.30. The molecule has 1 heterocycles. The van der Waals surface area contributed by atoms with Gasteiger partial charge in [0, 0.05) is 26.1 Å². The number of hydrogen-bond donors (Lipinski definition) is 1. The average Bonchev–Trinajstić information content (AvgIpc) is 2.36. The minimum absolute atomic E-state index is 0.475. The van der Waals surface area contributed by atoms with Gasteiger partial charge in [-0.3, -0.25) is 0 Å². The third-order valence-corrected chi connectivity index (χ3v) is 2.52. The van der Waals surface area contributed by atoms with E-state index in [-0.39, 0.29) is 0 Å². The van der Waals surface area contributed by atoms with Gasteiger partial charge in [0.1, 0.15) is 11.6 Å². The Balaban J connectivity index is 2.77. The first-order valence-electron chi connectivity index (χ1n) is 7.24. The first-order valence-corrected chi connectivity index (χ1v) is 7.24. The SMILES string of the molecule is COCCNc1cc(OCC(C)C)nc(CC(C)C)n1. The fourth-order valence-corrected chi connectivity index (χ4v) is 1.63. The van der Waals surface area contributed by atoms with E-state index in [0.29, 0.717) is 30.9 Å². The van der Waals surface area contributed by atoms with Crippen LogP contribution in [-0.4, -0.2) is 36.8 Å². The predicted molar refractivity (Wildman–Crippen MR) is 81.3 cm³/mol. The van der Waals surface area contributed by atoms with Gasteiger partial charge in [0.25, 0.3) is 0 Å². The first kappa shape index (κ1) is 16.7. The van der Waals surface area contributed by atoms with Gasteiger partial charge in [-0.15, -0.1) is 0 Å². The zero-order chi connectivity index (χ0) is 15.0. The molecule has 20 heavy (non-hydrogen) atoms. The lowest BCUT2D eigenvalue weighted by Gasteiger charge is -2.12. The fourth-order valence-electron chi connectivity index (χ4n) is 1.63. The smallest absolute Gasteiger partial charge is 0.218 e. The van der Waals surface area contributed by atoms with Crippen molar-refractivity contribution in [3.05, 3.63) is 11.9 Å². The molecule has 1 aromatic heterocycles.